The average Bonchev–Trinajstić information content (AvgIpc) is 3.22. The highest BCUT2D eigenvalue weighted by Gasteiger charge is 2.23. The Bertz CT molecular complexity index is 1070. The number of nitrogens with one attached hydrogen (secondary N) is 3. The quantitative estimate of drug-likeness (QED) is 0.476. The van der Waals surface area contributed by atoms with Gasteiger partial charge < -0.3 is 25.2 Å². The Morgan fingerprint density at radius 2 is 1.87 bits per heavy atom. The first-order valence-electron chi connectivity index (χ1n) is 9.72. The highest BCUT2D eigenvalue weighted by molar-refractivity contribution is 5.96. The van der Waals surface area contributed by atoms with Crippen molar-refractivity contribution in [1.29, 1.82) is 0 Å². The number of rotatable bonds is 9. The Kier molecular flexibility index (Phi) is 7.34. The number of benzene rings is 2. The van der Waals surface area contributed by atoms with Crippen LogP contribution in [0.4, 0.5) is 0 Å². The molecule has 2 aromatic carbocycles. The normalized spacial score (nSPS) is 11.7. The Hall–Kier alpha value is -3.72. The lowest BCUT2D eigenvalue weighted by molar-refractivity contribution is -0.128. The summed E-state index contributed by atoms with van der Waals surface area (Å²) in [6, 6.07) is 14.2. The number of hydrogen-bond acceptors (Lipinski definition) is 6. The molecule has 3 aromatic rings. The lowest BCUT2D eigenvalue weighted by Gasteiger charge is -2.17. The predicted octanol–water partition coefficient (Wildman–Crippen LogP) is 1.31. The van der Waals surface area contributed by atoms with Gasteiger partial charge in [0.25, 0.3) is 5.91 Å². The summed E-state index contributed by atoms with van der Waals surface area (Å²) < 4.78 is 9.86. The highest BCUT2D eigenvalue weighted by Crippen LogP contribution is 2.18. The maximum Gasteiger partial charge on any atom is 0.274 e. The number of hydrogen-bond donors (Lipinski definition) is 3. The first kappa shape index (κ1) is 22.0. The van der Waals surface area contributed by atoms with Crippen LogP contribution in [0, 0.1) is 6.92 Å². The third-order valence-corrected chi connectivity index (χ3v) is 4.59. The van der Waals surface area contributed by atoms with Crippen molar-refractivity contribution in [1.82, 2.24) is 21.1 Å². The van der Waals surface area contributed by atoms with E-state index < -0.39 is 17.9 Å². The maximum absolute atomic E-state index is 12.4. The van der Waals surface area contributed by atoms with Crippen molar-refractivity contribution >= 4 is 28.5 Å². The van der Waals surface area contributed by atoms with Gasteiger partial charge in [-0.15, -0.1) is 0 Å². The van der Waals surface area contributed by atoms with E-state index in [1.807, 2.05) is 42.5 Å². The molecule has 0 saturated heterocycles. The number of fused-ring (bicyclic) bond motifs is 1. The van der Waals surface area contributed by atoms with Crippen LogP contribution in [-0.2, 0) is 20.9 Å². The number of aryl methyl sites for hydroxylation is 1. The fourth-order valence-electron chi connectivity index (χ4n) is 3.05. The van der Waals surface area contributed by atoms with Gasteiger partial charge in [0, 0.05) is 19.7 Å². The zero-order valence-corrected chi connectivity index (χ0v) is 17.3. The van der Waals surface area contributed by atoms with Crippen molar-refractivity contribution in [3.05, 3.63) is 65.5 Å². The molecule has 0 aliphatic carbocycles. The van der Waals surface area contributed by atoms with Crippen molar-refractivity contribution in [3.63, 3.8) is 0 Å². The monoisotopic (exact) mass is 424 g/mol. The topological polar surface area (TPSA) is 123 Å². The SMILES string of the molecule is COCC(NC(=O)c1cc(C)on1)C(=O)NCC(=O)NCc1cccc2ccccc12. The average molecular weight is 424 g/mol. The highest BCUT2D eigenvalue weighted by atomic mass is 16.5. The molecule has 3 N–H and O–H groups in total. The fraction of sp³-hybridized carbons (Fsp3) is 0.273. The summed E-state index contributed by atoms with van der Waals surface area (Å²) in [7, 11) is 1.41. The molecule has 9 heteroatoms. The van der Waals surface area contributed by atoms with Gasteiger partial charge in [-0.1, -0.05) is 47.6 Å². The molecule has 0 spiro atoms. The van der Waals surface area contributed by atoms with Crippen molar-refractivity contribution in [2.24, 2.45) is 0 Å². The van der Waals surface area contributed by atoms with E-state index in [4.69, 9.17) is 9.26 Å². The fourth-order valence-corrected chi connectivity index (χ4v) is 3.05. The van der Waals surface area contributed by atoms with E-state index in [9.17, 15) is 14.4 Å². The van der Waals surface area contributed by atoms with E-state index >= 15 is 0 Å². The standard InChI is InChI=1S/C22H24N4O5/c1-14-10-18(26-31-14)22(29)25-19(13-30-2)21(28)24-12-20(27)23-11-16-8-5-7-15-6-3-4-9-17(15)16/h3-10,19H,11-13H2,1-2H3,(H,23,27)(H,24,28)(H,25,29). The molecule has 1 unspecified atom stereocenters. The molecule has 3 amide bonds. The lowest BCUT2D eigenvalue weighted by Crippen LogP contribution is -2.51. The predicted molar refractivity (Wildman–Crippen MR) is 113 cm³/mol. The summed E-state index contributed by atoms with van der Waals surface area (Å²) >= 11 is 0. The van der Waals surface area contributed by atoms with Crippen LogP contribution in [0.5, 0.6) is 0 Å². The van der Waals surface area contributed by atoms with Crippen molar-refractivity contribution in [2.45, 2.75) is 19.5 Å². The van der Waals surface area contributed by atoms with Crippen molar-refractivity contribution < 1.29 is 23.6 Å². The van der Waals surface area contributed by atoms with Crippen molar-refractivity contribution in [3.8, 4) is 0 Å². The number of carbonyl (C=O) groups is 3. The maximum atomic E-state index is 12.4. The van der Waals surface area contributed by atoms with Crippen LogP contribution in [0.2, 0.25) is 0 Å². The van der Waals surface area contributed by atoms with E-state index in [1.54, 1.807) is 6.92 Å². The van der Waals surface area contributed by atoms with E-state index in [2.05, 4.69) is 21.1 Å². The van der Waals surface area contributed by atoms with Gasteiger partial charge >= 0.3 is 0 Å². The Balaban J connectivity index is 1.51. The Morgan fingerprint density at radius 3 is 2.61 bits per heavy atom. The molecule has 1 heterocycles. The van der Waals surface area contributed by atoms with E-state index in [0.29, 0.717) is 12.3 Å². The van der Waals surface area contributed by atoms with Crippen LogP contribution >= 0.6 is 0 Å². The summed E-state index contributed by atoms with van der Waals surface area (Å²) in [5.74, 6) is -0.998. The molecule has 0 fully saturated rings. The van der Waals surface area contributed by atoms with Crippen LogP contribution in [0.3, 0.4) is 0 Å². The molecule has 9 nitrogen and oxygen atoms in total. The van der Waals surface area contributed by atoms with E-state index in [-0.39, 0.29) is 24.8 Å². The van der Waals surface area contributed by atoms with Gasteiger partial charge in [0.15, 0.2) is 5.69 Å². The minimum atomic E-state index is -0.986. The second-order valence-electron chi connectivity index (χ2n) is 6.94. The molecule has 1 atom stereocenters. The number of ether oxygens (including phenoxy) is 1. The summed E-state index contributed by atoms with van der Waals surface area (Å²) in [5, 5.41) is 13.6. The number of amides is 3. The summed E-state index contributed by atoms with van der Waals surface area (Å²) in [6.45, 7) is 1.69. The summed E-state index contributed by atoms with van der Waals surface area (Å²) in [6.07, 6.45) is 0. The summed E-state index contributed by atoms with van der Waals surface area (Å²) in [4.78, 5) is 36.8. The van der Waals surface area contributed by atoms with E-state index in [1.165, 1.54) is 13.2 Å². The summed E-state index contributed by atoms with van der Waals surface area (Å²) in [5.41, 5.74) is 1.03. The molecule has 0 aliphatic heterocycles. The minimum absolute atomic E-state index is 0.0548. The Labute approximate surface area is 179 Å². The first-order valence-corrected chi connectivity index (χ1v) is 9.72. The number of methoxy groups -OCH3 is 1. The van der Waals surface area contributed by atoms with Crippen LogP contribution in [0.15, 0.2) is 53.1 Å². The van der Waals surface area contributed by atoms with Crippen LogP contribution in [-0.4, -0.2) is 49.2 Å². The molecule has 0 radical (unpaired) electrons. The second-order valence-corrected chi connectivity index (χ2v) is 6.94. The zero-order chi connectivity index (χ0) is 22.2. The van der Waals surface area contributed by atoms with Gasteiger partial charge in [0.2, 0.25) is 11.8 Å². The van der Waals surface area contributed by atoms with Crippen molar-refractivity contribution in [2.75, 3.05) is 20.3 Å². The third-order valence-electron chi connectivity index (χ3n) is 4.59. The molecular formula is C22H24N4O5. The third kappa shape index (κ3) is 5.89. The molecule has 0 aliphatic rings. The van der Waals surface area contributed by atoms with E-state index in [0.717, 1.165) is 16.3 Å². The van der Waals surface area contributed by atoms with Crippen LogP contribution in [0.1, 0.15) is 21.8 Å². The second kappa shape index (κ2) is 10.4. The minimum Gasteiger partial charge on any atom is -0.382 e. The van der Waals surface area contributed by atoms with Crippen LogP contribution < -0.4 is 16.0 Å². The van der Waals surface area contributed by atoms with Gasteiger partial charge in [0.1, 0.15) is 11.8 Å². The molecule has 3 rings (SSSR count). The smallest absolute Gasteiger partial charge is 0.274 e. The molecule has 0 saturated carbocycles. The lowest BCUT2D eigenvalue weighted by atomic mass is 10.0. The van der Waals surface area contributed by atoms with Gasteiger partial charge in [-0.25, -0.2) is 0 Å². The largest absolute Gasteiger partial charge is 0.382 e. The van der Waals surface area contributed by atoms with Gasteiger partial charge in [-0.2, -0.15) is 0 Å². The molecule has 162 valence electrons. The Morgan fingerprint density at radius 1 is 1.10 bits per heavy atom. The van der Waals surface area contributed by atoms with Gasteiger partial charge in [-0.3, -0.25) is 14.4 Å². The van der Waals surface area contributed by atoms with Gasteiger partial charge in [0.05, 0.1) is 13.2 Å². The number of carbonyl (C=O) groups excluding carboxylic acids is 3. The first-order chi connectivity index (χ1) is 15.0. The molecule has 0 bridgehead atoms. The van der Waals surface area contributed by atoms with Gasteiger partial charge in [-0.05, 0) is 23.3 Å². The number of nitrogens with zero attached hydrogens (tertiary/aromatic N) is 1. The molecular weight excluding hydrogens is 400 g/mol. The van der Waals surface area contributed by atoms with Crippen LogP contribution in [0.25, 0.3) is 10.8 Å². The zero-order valence-electron chi connectivity index (χ0n) is 17.3. The number of aromatic nitrogens is 1. The molecule has 31 heavy (non-hydrogen) atoms. The molecule has 1 aromatic heterocycles.